The first kappa shape index (κ1) is 13.6. The summed E-state index contributed by atoms with van der Waals surface area (Å²) in [6.45, 7) is 5.84. The van der Waals surface area contributed by atoms with Crippen molar-refractivity contribution in [1.29, 1.82) is 0 Å². The predicted molar refractivity (Wildman–Crippen MR) is 80.7 cm³/mol. The smallest absolute Gasteiger partial charge is 0.253 e. The van der Waals surface area contributed by atoms with E-state index in [1.807, 2.05) is 11.0 Å². The highest BCUT2D eigenvalue weighted by molar-refractivity contribution is 5.94. The van der Waals surface area contributed by atoms with Gasteiger partial charge in [0.25, 0.3) is 5.91 Å². The van der Waals surface area contributed by atoms with E-state index >= 15 is 0 Å². The van der Waals surface area contributed by atoms with Crippen LogP contribution in [0.3, 0.4) is 0 Å². The number of nitrogens with zero attached hydrogens (tertiary/aromatic N) is 1. The third kappa shape index (κ3) is 2.35. The van der Waals surface area contributed by atoms with Gasteiger partial charge in [0.2, 0.25) is 0 Å². The number of carbonyl (C=O) groups excluding carboxylic acids is 1. The van der Waals surface area contributed by atoms with E-state index in [9.17, 15) is 4.79 Å². The molecule has 1 amide bonds. The Labute approximate surface area is 121 Å². The first-order valence-corrected chi connectivity index (χ1v) is 7.64. The largest absolute Gasteiger partial charge is 0.338 e. The summed E-state index contributed by atoms with van der Waals surface area (Å²) in [6, 6.07) is 6.42. The van der Waals surface area contributed by atoms with Gasteiger partial charge in [-0.15, -0.1) is 0 Å². The lowest BCUT2D eigenvalue weighted by molar-refractivity contribution is 0.0533. The van der Waals surface area contributed by atoms with Crippen molar-refractivity contribution in [1.82, 2.24) is 4.90 Å². The SMILES string of the molecule is CC1(C)CN(C(=O)c2ccc3c(c2)CCC3)CCC1N. The highest BCUT2D eigenvalue weighted by atomic mass is 16.2. The Morgan fingerprint density at radius 1 is 1.30 bits per heavy atom. The van der Waals surface area contributed by atoms with Crippen LogP contribution in [-0.4, -0.2) is 29.9 Å². The lowest BCUT2D eigenvalue weighted by Gasteiger charge is -2.42. The maximum Gasteiger partial charge on any atom is 0.253 e. The van der Waals surface area contributed by atoms with E-state index in [-0.39, 0.29) is 17.4 Å². The third-order valence-corrected chi connectivity index (χ3v) is 4.94. The van der Waals surface area contributed by atoms with Crippen LogP contribution in [0, 0.1) is 5.41 Å². The average molecular weight is 272 g/mol. The molecule has 1 heterocycles. The van der Waals surface area contributed by atoms with E-state index in [1.165, 1.54) is 17.5 Å². The van der Waals surface area contributed by atoms with Crippen LogP contribution >= 0.6 is 0 Å². The van der Waals surface area contributed by atoms with Gasteiger partial charge in [-0.2, -0.15) is 0 Å². The molecular formula is C17H24N2O. The number of fused-ring (bicyclic) bond motifs is 1. The van der Waals surface area contributed by atoms with E-state index in [1.54, 1.807) is 0 Å². The topological polar surface area (TPSA) is 46.3 Å². The van der Waals surface area contributed by atoms with E-state index in [0.717, 1.165) is 37.9 Å². The van der Waals surface area contributed by atoms with Gasteiger partial charge in [0.1, 0.15) is 0 Å². The molecule has 0 radical (unpaired) electrons. The minimum atomic E-state index is 0.00460. The second-order valence-electron chi connectivity index (χ2n) is 6.95. The molecule has 1 aromatic carbocycles. The summed E-state index contributed by atoms with van der Waals surface area (Å²) in [5, 5.41) is 0. The van der Waals surface area contributed by atoms with Gasteiger partial charge in [0.05, 0.1) is 0 Å². The molecule has 0 aromatic heterocycles. The number of nitrogens with two attached hydrogens (primary N) is 1. The number of aryl methyl sites for hydroxylation is 2. The predicted octanol–water partition coefficient (Wildman–Crippen LogP) is 2.37. The fourth-order valence-electron chi connectivity index (χ4n) is 3.43. The van der Waals surface area contributed by atoms with Gasteiger partial charge >= 0.3 is 0 Å². The van der Waals surface area contributed by atoms with E-state index in [0.29, 0.717) is 0 Å². The standard InChI is InChI=1S/C17H24N2O/c1-17(2)11-19(9-8-15(17)18)16(20)14-7-6-12-4-3-5-13(12)10-14/h6-7,10,15H,3-5,8-9,11,18H2,1-2H3. The number of amides is 1. The molecule has 1 saturated heterocycles. The molecule has 20 heavy (non-hydrogen) atoms. The zero-order chi connectivity index (χ0) is 14.3. The molecule has 1 atom stereocenters. The van der Waals surface area contributed by atoms with Crippen molar-refractivity contribution in [3.8, 4) is 0 Å². The fourth-order valence-corrected chi connectivity index (χ4v) is 3.43. The molecule has 1 aliphatic heterocycles. The number of benzene rings is 1. The van der Waals surface area contributed by atoms with Crippen LogP contribution in [-0.2, 0) is 12.8 Å². The molecule has 0 bridgehead atoms. The normalized spacial score (nSPS) is 24.6. The second kappa shape index (κ2) is 4.88. The summed E-state index contributed by atoms with van der Waals surface area (Å²) < 4.78 is 0. The molecule has 1 aromatic rings. The fraction of sp³-hybridized carbons (Fsp3) is 0.588. The third-order valence-electron chi connectivity index (χ3n) is 4.94. The highest BCUT2D eigenvalue weighted by Crippen LogP contribution is 2.29. The van der Waals surface area contributed by atoms with Crippen LogP contribution in [0.15, 0.2) is 18.2 Å². The zero-order valence-electron chi connectivity index (χ0n) is 12.5. The maximum atomic E-state index is 12.7. The minimum absolute atomic E-state index is 0.00460. The molecule has 3 rings (SSSR count). The van der Waals surface area contributed by atoms with Crippen molar-refractivity contribution >= 4 is 5.91 Å². The van der Waals surface area contributed by atoms with Crippen LogP contribution in [0.25, 0.3) is 0 Å². The van der Waals surface area contributed by atoms with Gasteiger partial charge < -0.3 is 10.6 Å². The van der Waals surface area contributed by atoms with Crippen LogP contribution in [0.5, 0.6) is 0 Å². The van der Waals surface area contributed by atoms with Crippen LogP contribution in [0.4, 0.5) is 0 Å². The molecule has 1 aliphatic carbocycles. The number of hydrogen-bond acceptors (Lipinski definition) is 2. The second-order valence-corrected chi connectivity index (χ2v) is 6.95. The summed E-state index contributed by atoms with van der Waals surface area (Å²) in [5.74, 6) is 0.166. The van der Waals surface area contributed by atoms with Gasteiger partial charge in [-0.1, -0.05) is 19.9 Å². The zero-order valence-corrected chi connectivity index (χ0v) is 12.5. The molecule has 108 valence electrons. The maximum absolute atomic E-state index is 12.7. The Balaban J connectivity index is 1.79. The van der Waals surface area contributed by atoms with Gasteiger partial charge in [-0.25, -0.2) is 0 Å². The van der Waals surface area contributed by atoms with Crippen molar-refractivity contribution < 1.29 is 4.79 Å². The summed E-state index contributed by atoms with van der Waals surface area (Å²) in [6.07, 6.45) is 4.39. The monoisotopic (exact) mass is 272 g/mol. The number of likely N-dealkylation sites (tertiary alicyclic amines) is 1. The van der Waals surface area contributed by atoms with Crippen molar-refractivity contribution in [2.75, 3.05) is 13.1 Å². The minimum Gasteiger partial charge on any atom is -0.338 e. The van der Waals surface area contributed by atoms with Crippen LogP contribution < -0.4 is 5.73 Å². The Kier molecular flexibility index (Phi) is 3.33. The Morgan fingerprint density at radius 3 is 2.80 bits per heavy atom. The number of rotatable bonds is 1. The van der Waals surface area contributed by atoms with Gasteiger partial charge in [0, 0.05) is 24.7 Å². The van der Waals surface area contributed by atoms with E-state index < -0.39 is 0 Å². The quantitative estimate of drug-likeness (QED) is 0.853. The molecule has 2 aliphatic rings. The summed E-state index contributed by atoms with van der Waals surface area (Å²) >= 11 is 0. The first-order chi connectivity index (χ1) is 9.47. The molecule has 0 saturated carbocycles. The van der Waals surface area contributed by atoms with Gasteiger partial charge in [-0.05, 0) is 54.4 Å². The van der Waals surface area contributed by atoms with Crippen LogP contribution in [0.2, 0.25) is 0 Å². The average Bonchev–Trinajstić information content (AvgIpc) is 2.88. The lowest BCUT2D eigenvalue weighted by Crippen LogP contribution is -2.54. The van der Waals surface area contributed by atoms with Crippen molar-refractivity contribution in [3.05, 3.63) is 34.9 Å². The lowest BCUT2D eigenvalue weighted by atomic mass is 9.79. The Morgan fingerprint density at radius 2 is 2.05 bits per heavy atom. The highest BCUT2D eigenvalue weighted by Gasteiger charge is 2.35. The Hall–Kier alpha value is -1.35. The number of piperidine rings is 1. The summed E-state index contributed by atoms with van der Waals surface area (Å²) in [7, 11) is 0. The van der Waals surface area contributed by atoms with Crippen molar-refractivity contribution in [2.45, 2.75) is 45.6 Å². The Bertz CT molecular complexity index is 536. The van der Waals surface area contributed by atoms with Gasteiger partial charge in [-0.3, -0.25) is 4.79 Å². The van der Waals surface area contributed by atoms with Gasteiger partial charge in [0.15, 0.2) is 0 Å². The summed E-state index contributed by atoms with van der Waals surface area (Å²) in [4.78, 5) is 14.7. The number of carbonyl (C=O) groups is 1. The summed E-state index contributed by atoms with van der Waals surface area (Å²) in [5.41, 5.74) is 9.78. The molecule has 1 fully saturated rings. The molecular weight excluding hydrogens is 248 g/mol. The van der Waals surface area contributed by atoms with Crippen LogP contribution in [0.1, 0.15) is 48.2 Å². The molecule has 3 heteroatoms. The number of hydrogen-bond donors (Lipinski definition) is 1. The first-order valence-electron chi connectivity index (χ1n) is 7.64. The molecule has 1 unspecified atom stereocenters. The molecule has 0 spiro atoms. The molecule has 2 N–H and O–H groups in total. The van der Waals surface area contributed by atoms with Crippen molar-refractivity contribution in [2.24, 2.45) is 11.1 Å². The molecule has 3 nitrogen and oxygen atoms in total. The van der Waals surface area contributed by atoms with E-state index in [4.69, 9.17) is 5.73 Å². The van der Waals surface area contributed by atoms with Crippen molar-refractivity contribution in [3.63, 3.8) is 0 Å². The van der Waals surface area contributed by atoms with E-state index in [2.05, 4.69) is 26.0 Å².